The van der Waals surface area contributed by atoms with Gasteiger partial charge in [0.15, 0.2) is 0 Å². The molecule has 0 bridgehead atoms. The molecule has 0 aromatic rings. The van der Waals surface area contributed by atoms with Gasteiger partial charge in [0.05, 0.1) is 11.9 Å². The molecule has 5 nitrogen and oxygen atoms in total. The van der Waals surface area contributed by atoms with Crippen molar-refractivity contribution in [3.8, 4) is 0 Å². The predicted octanol–water partition coefficient (Wildman–Crippen LogP) is 0.520. The Morgan fingerprint density at radius 1 is 1.39 bits per heavy atom. The quantitative estimate of drug-likeness (QED) is 0.751. The monoisotopic (exact) mass is 276 g/mol. The lowest BCUT2D eigenvalue weighted by molar-refractivity contribution is 0.114. The molecule has 0 aliphatic carbocycles. The van der Waals surface area contributed by atoms with Crippen molar-refractivity contribution in [2.45, 2.75) is 44.0 Å². The first-order valence-corrected chi connectivity index (χ1v) is 8.20. The van der Waals surface area contributed by atoms with Crippen LogP contribution in [0.25, 0.3) is 0 Å². The number of hydrogen-bond donors (Lipinski definition) is 0. The summed E-state index contributed by atoms with van der Waals surface area (Å²) >= 11 is 0. The molecule has 0 aromatic heterocycles. The van der Waals surface area contributed by atoms with E-state index < -0.39 is 15.3 Å². The van der Waals surface area contributed by atoms with Crippen molar-refractivity contribution < 1.29 is 13.2 Å². The summed E-state index contributed by atoms with van der Waals surface area (Å²) in [5.74, 6) is 0. The van der Waals surface area contributed by atoms with E-state index in [0.717, 1.165) is 19.5 Å². The van der Waals surface area contributed by atoms with Gasteiger partial charge in [-0.25, -0.2) is 8.42 Å². The number of fused-ring (bicyclic) bond motifs is 1. The van der Waals surface area contributed by atoms with Gasteiger partial charge in [-0.05, 0) is 33.2 Å². The first-order chi connectivity index (χ1) is 8.46. The molecule has 0 aromatic carbocycles. The summed E-state index contributed by atoms with van der Waals surface area (Å²) < 4.78 is 31.7. The molecule has 0 unspecified atom stereocenters. The number of methoxy groups -OCH3 is 1. The Balaban J connectivity index is 2.12. The van der Waals surface area contributed by atoms with Gasteiger partial charge >= 0.3 is 0 Å². The van der Waals surface area contributed by atoms with E-state index in [1.54, 1.807) is 18.3 Å². The Morgan fingerprint density at radius 3 is 2.78 bits per heavy atom. The summed E-state index contributed by atoms with van der Waals surface area (Å²) in [6, 6.07) is 0.495. The SMILES string of the molecule is COC[C@H](C)S(=O)(=O)N1C[C@H]2CCCN2C[C@@H]1C. The van der Waals surface area contributed by atoms with Gasteiger partial charge in [-0.3, -0.25) is 4.90 Å². The van der Waals surface area contributed by atoms with Crippen LogP contribution in [-0.4, -0.2) is 68.3 Å². The third-order valence-corrected chi connectivity index (χ3v) is 6.43. The molecule has 106 valence electrons. The van der Waals surface area contributed by atoms with Crippen LogP contribution in [0.4, 0.5) is 0 Å². The van der Waals surface area contributed by atoms with E-state index in [2.05, 4.69) is 4.90 Å². The average Bonchev–Trinajstić information content (AvgIpc) is 2.75. The minimum atomic E-state index is -3.23. The van der Waals surface area contributed by atoms with Gasteiger partial charge < -0.3 is 4.74 Å². The average molecular weight is 276 g/mol. The normalized spacial score (nSPS) is 32.4. The molecule has 2 heterocycles. The molecule has 0 spiro atoms. The highest BCUT2D eigenvalue weighted by Crippen LogP contribution is 2.27. The van der Waals surface area contributed by atoms with Gasteiger partial charge in [0.25, 0.3) is 0 Å². The van der Waals surface area contributed by atoms with Gasteiger partial charge in [-0.15, -0.1) is 0 Å². The maximum Gasteiger partial charge on any atom is 0.219 e. The highest BCUT2D eigenvalue weighted by atomic mass is 32.2. The molecular formula is C12H24N2O3S. The molecule has 2 aliphatic heterocycles. The first kappa shape index (κ1) is 14.2. The van der Waals surface area contributed by atoms with Gasteiger partial charge in [0, 0.05) is 32.3 Å². The van der Waals surface area contributed by atoms with Crippen LogP contribution < -0.4 is 0 Å². The molecule has 2 fully saturated rings. The van der Waals surface area contributed by atoms with Crippen molar-refractivity contribution in [3.63, 3.8) is 0 Å². The van der Waals surface area contributed by atoms with Crippen molar-refractivity contribution in [1.82, 2.24) is 9.21 Å². The second kappa shape index (κ2) is 5.45. The van der Waals surface area contributed by atoms with Crippen molar-refractivity contribution in [2.24, 2.45) is 0 Å². The number of rotatable bonds is 4. The van der Waals surface area contributed by atoms with Gasteiger partial charge in [-0.1, -0.05) is 0 Å². The fourth-order valence-corrected chi connectivity index (χ4v) is 4.79. The van der Waals surface area contributed by atoms with Crippen LogP contribution in [0.5, 0.6) is 0 Å². The van der Waals surface area contributed by atoms with Crippen LogP contribution in [-0.2, 0) is 14.8 Å². The molecule has 2 rings (SSSR count). The molecule has 0 saturated carbocycles. The molecule has 3 atom stereocenters. The van der Waals surface area contributed by atoms with Crippen molar-refractivity contribution >= 4 is 10.0 Å². The smallest absolute Gasteiger partial charge is 0.219 e. The van der Waals surface area contributed by atoms with E-state index >= 15 is 0 Å². The summed E-state index contributed by atoms with van der Waals surface area (Å²) in [6.45, 7) is 6.63. The standard InChI is InChI=1S/C12H24N2O3S/c1-10-7-13-6-4-5-12(13)8-14(10)18(15,16)11(2)9-17-3/h10-12H,4-9H2,1-3H3/t10-,11-,12+/m0/s1. The summed E-state index contributed by atoms with van der Waals surface area (Å²) in [6.07, 6.45) is 2.32. The zero-order valence-corrected chi connectivity index (χ0v) is 12.3. The van der Waals surface area contributed by atoms with Crippen LogP contribution in [0.15, 0.2) is 0 Å². The molecule has 0 radical (unpaired) electrons. The molecule has 0 amide bonds. The number of ether oxygens (including phenoxy) is 1. The topological polar surface area (TPSA) is 49.9 Å². The minimum absolute atomic E-state index is 0.0728. The fourth-order valence-electron chi connectivity index (χ4n) is 3.07. The van der Waals surface area contributed by atoms with Gasteiger partial charge in [0.2, 0.25) is 10.0 Å². The summed E-state index contributed by atoms with van der Waals surface area (Å²) in [5, 5.41) is -0.460. The van der Waals surface area contributed by atoms with E-state index in [4.69, 9.17) is 4.74 Å². The second-order valence-corrected chi connectivity index (χ2v) is 7.82. The maximum absolute atomic E-state index is 12.5. The highest BCUT2D eigenvalue weighted by molar-refractivity contribution is 7.89. The fraction of sp³-hybridized carbons (Fsp3) is 1.00. The third kappa shape index (κ3) is 2.57. The molecule has 6 heteroatoms. The number of hydrogen-bond acceptors (Lipinski definition) is 4. The number of nitrogens with zero attached hydrogens (tertiary/aromatic N) is 2. The Labute approximate surface area is 110 Å². The summed E-state index contributed by atoms with van der Waals surface area (Å²) in [7, 11) is -1.68. The lowest BCUT2D eigenvalue weighted by atomic mass is 10.1. The zero-order valence-electron chi connectivity index (χ0n) is 11.5. The molecule has 0 N–H and O–H groups in total. The summed E-state index contributed by atoms with van der Waals surface area (Å²) in [5.41, 5.74) is 0. The van der Waals surface area contributed by atoms with Crippen molar-refractivity contribution in [1.29, 1.82) is 0 Å². The second-order valence-electron chi connectivity index (χ2n) is 5.52. The third-order valence-electron chi connectivity index (χ3n) is 4.12. The molecular weight excluding hydrogens is 252 g/mol. The van der Waals surface area contributed by atoms with E-state index in [1.807, 2.05) is 6.92 Å². The van der Waals surface area contributed by atoms with Crippen LogP contribution in [0.3, 0.4) is 0 Å². The maximum atomic E-state index is 12.5. The first-order valence-electron chi connectivity index (χ1n) is 6.70. The molecule has 18 heavy (non-hydrogen) atoms. The molecule has 2 saturated heterocycles. The predicted molar refractivity (Wildman–Crippen MR) is 71.0 cm³/mol. The summed E-state index contributed by atoms with van der Waals surface area (Å²) in [4.78, 5) is 2.43. The number of sulfonamides is 1. The lowest BCUT2D eigenvalue weighted by Gasteiger charge is -2.42. The van der Waals surface area contributed by atoms with Crippen molar-refractivity contribution in [2.75, 3.05) is 33.4 Å². The lowest BCUT2D eigenvalue weighted by Crippen LogP contribution is -2.58. The Hall–Kier alpha value is -0.170. The van der Waals surface area contributed by atoms with E-state index in [9.17, 15) is 8.42 Å². The Bertz CT molecular complexity index is 385. The zero-order chi connectivity index (χ0) is 13.3. The highest BCUT2D eigenvalue weighted by Gasteiger charge is 2.41. The number of piperazine rings is 1. The Morgan fingerprint density at radius 2 is 2.11 bits per heavy atom. The van der Waals surface area contributed by atoms with Crippen LogP contribution in [0, 0.1) is 0 Å². The minimum Gasteiger partial charge on any atom is -0.383 e. The van der Waals surface area contributed by atoms with Gasteiger partial charge in [-0.2, -0.15) is 4.31 Å². The van der Waals surface area contributed by atoms with E-state index in [0.29, 0.717) is 12.6 Å². The largest absolute Gasteiger partial charge is 0.383 e. The Kier molecular flexibility index (Phi) is 4.31. The van der Waals surface area contributed by atoms with Gasteiger partial charge in [0.1, 0.15) is 0 Å². The van der Waals surface area contributed by atoms with E-state index in [1.165, 1.54) is 6.42 Å². The van der Waals surface area contributed by atoms with Crippen LogP contribution in [0.2, 0.25) is 0 Å². The van der Waals surface area contributed by atoms with E-state index in [-0.39, 0.29) is 12.6 Å². The van der Waals surface area contributed by atoms with Crippen molar-refractivity contribution in [3.05, 3.63) is 0 Å². The molecule has 2 aliphatic rings. The van der Waals surface area contributed by atoms with Crippen LogP contribution in [0.1, 0.15) is 26.7 Å². The van der Waals surface area contributed by atoms with Crippen LogP contribution >= 0.6 is 0 Å².